The summed E-state index contributed by atoms with van der Waals surface area (Å²) in [5, 5.41) is 4.58. The van der Waals surface area contributed by atoms with Gasteiger partial charge in [0, 0.05) is 34.5 Å². The SMILES string of the molecule is O=C(CN(Cc1ccc(Cl)cc1Cl)S(=O)(=O)c1ccccc1)N/N=C/c1cccnc1. The first-order chi connectivity index (χ1) is 14.9. The van der Waals surface area contributed by atoms with E-state index in [-0.39, 0.29) is 11.4 Å². The fraction of sp³-hybridized carbons (Fsp3) is 0.0952. The quantitative estimate of drug-likeness (QED) is 0.396. The first-order valence-electron chi connectivity index (χ1n) is 9.07. The highest BCUT2D eigenvalue weighted by atomic mass is 35.5. The summed E-state index contributed by atoms with van der Waals surface area (Å²) in [6.07, 6.45) is 4.60. The van der Waals surface area contributed by atoms with Crippen LogP contribution in [0.1, 0.15) is 11.1 Å². The number of hydrogen-bond acceptors (Lipinski definition) is 5. The second-order valence-corrected chi connectivity index (χ2v) is 9.18. The molecule has 1 aromatic heterocycles. The predicted molar refractivity (Wildman–Crippen MR) is 120 cm³/mol. The van der Waals surface area contributed by atoms with Gasteiger partial charge in [0.25, 0.3) is 5.91 Å². The number of aromatic nitrogens is 1. The Morgan fingerprint density at radius 2 is 1.87 bits per heavy atom. The highest BCUT2D eigenvalue weighted by molar-refractivity contribution is 7.89. The van der Waals surface area contributed by atoms with Gasteiger partial charge in [-0.3, -0.25) is 9.78 Å². The maximum Gasteiger partial charge on any atom is 0.255 e. The predicted octanol–water partition coefficient (Wildman–Crippen LogP) is 3.73. The molecule has 7 nitrogen and oxygen atoms in total. The second-order valence-electron chi connectivity index (χ2n) is 6.40. The summed E-state index contributed by atoms with van der Waals surface area (Å²) in [5.74, 6) is -0.607. The lowest BCUT2D eigenvalue weighted by molar-refractivity contribution is -0.121. The Hall–Kier alpha value is -2.78. The molecule has 3 aromatic rings. The average Bonchev–Trinajstić information content (AvgIpc) is 2.76. The zero-order chi connectivity index (χ0) is 22.3. The smallest absolute Gasteiger partial charge is 0.255 e. The highest BCUT2D eigenvalue weighted by Crippen LogP contribution is 2.25. The lowest BCUT2D eigenvalue weighted by Gasteiger charge is -2.22. The number of hydrazone groups is 1. The van der Waals surface area contributed by atoms with Crippen LogP contribution in [0.25, 0.3) is 0 Å². The molecule has 0 saturated heterocycles. The number of nitrogens with zero attached hydrogens (tertiary/aromatic N) is 3. The van der Waals surface area contributed by atoms with Crippen LogP contribution in [0.3, 0.4) is 0 Å². The maximum absolute atomic E-state index is 13.2. The molecule has 0 aliphatic carbocycles. The van der Waals surface area contributed by atoms with Crippen LogP contribution in [0.15, 0.2) is 83.1 Å². The highest BCUT2D eigenvalue weighted by Gasteiger charge is 2.27. The molecule has 0 saturated carbocycles. The maximum atomic E-state index is 13.2. The number of hydrogen-bond donors (Lipinski definition) is 1. The summed E-state index contributed by atoms with van der Waals surface area (Å²) >= 11 is 12.2. The van der Waals surface area contributed by atoms with Crippen LogP contribution in [0, 0.1) is 0 Å². The molecule has 10 heteroatoms. The molecule has 0 aliphatic rings. The Morgan fingerprint density at radius 3 is 2.55 bits per heavy atom. The van der Waals surface area contributed by atoms with Crippen molar-refractivity contribution in [3.05, 3.63) is 94.2 Å². The van der Waals surface area contributed by atoms with Crippen molar-refractivity contribution in [2.75, 3.05) is 6.54 Å². The minimum atomic E-state index is -3.98. The molecule has 1 amide bonds. The molecule has 2 aromatic carbocycles. The number of benzene rings is 2. The third-order valence-corrected chi connectivity index (χ3v) is 6.54. The Morgan fingerprint density at radius 1 is 1.10 bits per heavy atom. The number of rotatable bonds is 8. The molecule has 0 unspecified atom stereocenters. The normalized spacial score (nSPS) is 11.7. The van der Waals surface area contributed by atoms with Crippen LogP contribution < -0.4 is 5.43 Å². The molecule has 1 N–H and O–H groups in total. The molecule has 3 rings (SSSR count). The standard InChI is InChI=1S/C21H18Cl2N4O3S/c22-18-9-8-17(20(23)11-18)14-27(31(29,30)19-6-2-1-3-7-19)15-21(28)26-25-13-16-5-4-10-24-12-16/h1-13H,14-15H2,(H,26,28)/b25-13+. The average molecular weight is 477 g/mol. The molecular weight excluding hydrogens is 459 g/mol. The number of pyridine rings is 1. The first-order valence-corrected chi connectivity index (χ1v) is 11.3. The largest absolute Gasteiger partial charge is 0.272 e. The molecule has 1 heterocycles. The molecular formula is C21H18Cl2N4O3S. The number of sulfonamides is 1. The van der Waals surface area contributed by atoms with Crippen molar-refractivity contribution in [2.45, 2.75) is 11.4 Å². The monoisotopic (exact) mass is 476 g/mol. The van der Waals surface area contributed by atoms with E-state index in [2.05, 4.69) is 15.5 Å². The summed E-state index contributed by atoms with van der Waals surface area (Å²) in [6.45, 7) is -0.576. The van der Waals surface area contributed by atoms with Gasteiger partial charge in [-0.05, 0) is 35.9 Å². The van der Waals surface area contributed by atoms with Gasteiger partial charge in [0.05, 0.1) is 17.7 Å². The van der Waals surface area contributed by atoms with Crippen LogP contribution in [-0.2, 0) is 21.4 Å². The Kier molecular flexibility index (Phi) is 7.75. The van der Waals surface area contributed by atoms with Gasteiger partial charge < -0.3 is 0 Å². The first kappa shape index (κ1) is 22.9. The van der Waals surface area contributed by atoms with Crippen molar-refractivity contribution in [1.29, 1.82) is 0 Å². The second kappa shape index (κ2) is 10.5. The lowest BCUT2D eigenvalue weighted by atomic mass is 10.2. The van der Waals surface area contributed by atoms with Gasteiger partial charge in [-0.15, -0.1) is 0 Å². The van der Waals surface area contributed by atoms with Gasteiger partial charge in [0.1, 0.15) is 0 Å². The van der Waals surface area contributed by atoms with E-state index in [4.69, 9.17) is 23.2 Å². The minimum Gasteiger partial charge on any atom is -0.272 e. The molecule has 0 spiro atoms. The van der Waals surface area contributed by atoms with Gasteiger partial charge in [0.15, 0.2) is 0 Å². The molecule has 0 fully saturated rings. The fourth-order valence-electron chi connectivity index (χ4n) is 2.63. The minimum absolute atomic E-state index is 0.0618. The summed E-state index contributed by atoms with van der Waals surface area (Å²) in [7, 11) is -3.98. The van der Waals surface area contributed by atoms with Gasteiger partial charge in [-0.1, -0.05) is 53.5 Å². The van der Waals surface area contributed by atoms with E-state index < -0.39 is 22.5 Å². The number of carbonyl (C=O) groups excluding carboxylic acids is 1. The summed E-state index contributed by atoms with van der Waals surface area (Å²) < 4.78 is 27.4. The van der Waals surface area contributed by atoms with Gasteiger partial charge in [-0.25, -0.2) is 13.8 Å². The fourth-order valence-corrected chi connectivity index (χ4v) is 4.50. The molecule has 160 valence electrons. The molecule has 0 aliphatic heterocycles. The Labute approximate surface area is 190 Å². The van der Waals surface area contributed by atoms with E-state index in [1.165, 1.54) is 24.4 Å². The Bertz CT molecular complexity index is 1170. The van der Waals surface area contributed by atoms with E-state index in [1.54, 1.807) is 54.9 Å². The van der Waals surface area contributed by atoms with E-state index in [0.717, 1.165) is 4.31 Å². The van der Waals surface area contributed by atoms with Gasteiger partial charge in [-0.2, -0.15) is 9.41 Å². The van der Waals surface area contributed by atoms with Crippen molar-refractivity contribution in [3.8, 4) is 0 Å². The third-order valence-electron chi connectivity index (χ3n) is 4.15. The van der Waals surface area contributed by atoms with Crippen molar-refractivity contribution in [2.24, 2.45) is 5.10 Å². The number of halogens is 2. The zero-order valence-electron chi connectivity index (χ0n) is 16.2. The molecule has 0 radical (unpaired) electrons. The summed E-state index contributed by atoms with van der Waals surface area (Å²) in [6, 6.07) is 16.1. The van der Waals surface area contributed by atoms with Crippen LogP contribution >= 0.6 is 23.2 Å². The van der Waals surface area contributed by atoms with Crippen molar-refractivity contribution >= 4 is 45.3 Å². The van der Waals surface area contributed by atoms with E-state index in [0.29, 0.717) is 21.2 Å². The van der Waals surface area contributed by atoms with Gasteiger partial charge >= 0.3 is 0 Å². The van der Waals surface area contributed by atoms with Crippen LogP contribution in [0.2, 0.25) is 10.0 Å². The summed E-state index contributed by atoms with van der Waals surface area (Å²) in [4.78, 5) is 16.5. The number of nitrogens with one attached hydrogen (secondary N) is 1. The summed E-state index contributed by atoms with van der Waals surface area (Å²) in [5.41, 5.74) is 3.53. The lowest BCUT2D eigenvalue weighted by Crippen LogP contribution is -2.39. The molecule has 0 bridgehead atoms. The van der Waals surface area contributed by atoms with Crippen molar-refractivity contribution in [1.82, 2.24) is 14.7 Å². The number of amides is 1. The third kappa shape index (κ3) is 6.35. The zero-order valence-corrected chi connectivity index (χ0v) is 18.5. The number of carbonyl (C=O) groups is 1. The molecule has 0 atom stereocenters. The van der Waals surface area contributed by atoms with Crippen LogP contribution in [0.5, 0.6) is 0 Å². The Balaban J connectivity index is 1.81. The van der Waals surface area contributed by atoms with E-state index >= 15 is 0 Å². The van der Waals surface area contributed by atoms with Crippen LogP contribution in [-0.4, -0.2) is 36.4 Å². The van der Waals surface area contributed by atoms with E-state index in [1.807, 2.05) is 0 Å². The van der Waals surface area contributed by atoms with Crippen molar-refractivity contribution in [3.63, 3.8) is 0 Å². The molecule has 31 heavy (non-hydrogen) atoms. The van der Waals surface area contributed by atoms with Crippen LogP contribution in [0.4, 0.5) is 0 Å². The van der Waals surface area contributed by atoms with Gasteiger partial charge in [0.2, 0.25) is 10.0 Å². The van der Waals surface area contributed by atoms with Crippen molar-refractivity contribution < 1.29 is 13.2 Å². The van der Waals surface area contributed by atoms with E-state index in [9.17, 15) is 13.2 Å². The topological polar surface area (TPSA) is 91.7 Å².